The number of benzene rings is 2. The van der Waals surface area contributed by atoms with Gasteiger partial charge in [0.25, 0.3) is 0 Å². The van der Waals surface area contributed by atoms with Crippen molar-refractivity contribution in [1.29, 1.82) is 0 Å². The molecule has 2 aromatic carbocycles. The molecule has 0 fully saturated rings. The average Bonchev–Trinajstić information content (AvgIpc) is 2.65. The number of carbonyl (C=O) groups is 2. The molecule has 1 atom stereocenters. The van der Waals surface area contributed by atoms with Crippen molar-refractivity contribution in [2.75, 3.05) is 30.9 Å². The normalized spacial score (nSPS) is 14.8. The number of ether oxygens (including phenoxy) is 1. The van der Waals surface area contributed by atoms with E-state index in [1.54, 1.807) is 12.0 Å². The van der Waals surface area contributed by atoms with Crippen LogP contribution in [0.3, 0.4) is 0 Å². The van der Waals surface area contributed by atoms with Gasteiger partial charge in [0, 0.05) is 18.6 Å². The molecule has 1 aliphatic heterocycles. The number of nitrogens with zero attached hydrogens (tertiary/aromatic N) is 1. The molecule has 0 bridgehead atoms. The van der Waals surface area contributed by atoms with Crippen LogP contribution in [0.15, 0.2) is 59.5 Å². The van der Waals surface area contributed by atoms with Gasteiger partial charge in [-0.2, -0.15) is 0 Å². The highest BCUT2D eigenvalue weighted by molar-refractivity contribution is 8.00. The van der Waals surface area contributed by atoms with Crippen LogP contribution in [-0.4, -0.2) is 37.8 Å². The summed E-state index contributed by atoms with van der Waals surface area (Å²) in [6.07, 6.45) is -0.218. The molecule has 2 aromatic rings. The second kappa shape index (κ2) is 8.18. The quantitative estimate of drug-likeness (QED) is 0.864. The average molecular weight is 356 g/mol. The number of carbonyl (C=O) groups excluding carboxylic acids is 2. The van der Waals surface area contributed by atoms with Crippen LogP contribution in [0, 0.1) is 0 Å². The van der Waals surface area contributed by atoms with E-state index in [-0.39, 0.29) is 24.5 Å². The van der Waals surface area contributed by atoms with Crippen molar-refractivity contribution >= 4 is 29.3 Å². The third kappa shape index (κ3) is 4.21. The van der Waals surface area contributed by atoms with E-state index in [0.29, 0.717) is 12.3 Å². The van der Waals surface area contributed by atoms with Gasteiger partial charge in [-0.25, -0.2) is 0 Å². The molecule has 3 rings (SSSR count). The zero-order valence-electron chi connectivity index (χ0n) is 14.0. The summed E-state index contributed by atoms with van der Waals surface area (Å²) < 4.78 is 5.46. The lowest BCUT2D eigenvalue weighted by Crippen LogP contribution is -2.44. The third-order valence-corrected chi connectivity index (χ3v) is 5.10. The summed E-state index contributed by atoms with van der Waals surface area (Å²) in [7, 11) is 1.62. The fraction of sp³-hybridized carbons (Fsp3) is 0.263. The maximum absolute atomic E-state index is 12.4. The molecule has 25 heavy (non-hydrogen) atoms. The van der Waals surface area contributed by atoms with Crippen LogP contribution in [0.5, 0.6) is 0 Å². The molecule has 0 spiro atoms. The Bertz CT molecular complexity index is 751. The van der Waals surface area contributed by atoms with E-state index in [1.165, 1.54) is 11.8 Å². The number of methoxy groups -OCH3 is 1. The highest BCUT2D eigenvalue weighted by atomic mass is 32.2. The topological polar surface area (TPSA) is 58.6 Å². The molecule has 1 unspecified atom stereocenters. The second-order valence-electron chi connectivity index (χ2n) is 5.68. The van der Waals surface area contributed by atoms with Gasteiger partial charge in [0.15, 0.2) is 0 Å². The van der Waals surface area contributed by atoms with Crippen LogP contribution in [0.2, 0.25) is 0 Å². The lowest BCUT2D eigenvalue weighted by atomic mass is 10.1. The van der Waals surface area contributed by atoms with Crippen molar-refractivity contribution in [3.05, 3.63) is 60.2 Å². The van der Waals surface area contributed by atoms with Crippen LogP contribution < -0.4 is 10.2 Å². The van der Waals surface area contributed by atoms with Crippen LogP contribution in [-0.2, 0) is 14.3 Å². The maximum Gasteiger partial charge on any atom is 0.240 e. The largest absolute Gasteiger partial charge is 0.375 e. The second-order valence-corrected chi connectivity index (χ2v) is 6.69. The Labute approximate surface area is 151 Å². The fourth-order valence-electron chi connectivity index (χ4n) is 2.74. The van der Waals surface area contributed by atoms with Crippen molar-refractivity contribution in [3.63, 3.8) is 0 Å². The highest BCUT2D eigenvalue weighted by Crippen LogP contribution is 2.34. The molecule has 1 N–H and O–H groups in total. The van der Waals surface area contributed by atoms with Crippen molar-refractivity contribution < 1.29 is 14.3 Å². The molecule has 0 aromatic heterocycles. The monoisotopic (exact) mass is 356 g/mol. The zero-order chi connectivity index (χ0) is 17.6. The Morgan fingerprint density at radius 2 is 1.92 bits per heavy atom. The SMILES string of the molecule is COC(CNC(=O)CN1C(=O)CSc2ccccc21)c1ccccc1. The first kappa shape index (κ1) is 17.5. The number of nitrogens with one attached hydrogen (secondary N) is 1. The number of rotatable bonds is 6. The van der Waals surface area contributed by atoms with Gasteiger partial charge in [0.2, 0.25) is 11.8 Å². The Hall–Kier alpha value is -2.31. The van der Waals surface area contributed by atoms with Crippen LogP contribution in [0.4, 0.5) is 5.69 Å². The summed E-state index contributed by atoms with van der Waals surface area (Å²) in [4.78, 5) is 27.1. The summed E-state index contributed by atoms with van der Waals surface area (Å²) in [6.45, 7) is 0.374. The van der Waals surface area contributed by atoms with E-state index in [1.807, 2.05) is 54.6 Å². The first-order valence-electron chi connectivity index (χ1n) is 8.05. The van der Waals surface area contributed by atoms with Gasteiger partial charge in [-0.15, -0.1) is 11.8 Å². The molecule has 6 heteroatoms. The number of hydrogen-bond donors (Lipinski definition) is 1. The Morgan fingerprint density at radius 3 is 2.68 bits per heavy atom. The molecule has 130 valence electrons. The number of para-hydroxylation sites is 1. The van der Waals surface area contributed by atoms with Crippen molar-refractivity contribution in [2.45, 2.75) is 11.0 Å². The zero-order valence-corrected chi connectivity index (χ0v) is 14.8. The third-order valence-electron chi connectivity index (χ3n) is 4.05. The molecule has 2 amide bonds. The van der Waals surface area contributed by atoms with Crippen LogP contribution in [0.1, 0.15) is 11.7 Å². The Balaban J connectivity index is 1.62. The summed E-state index contributed by atoms with van der Waals surface area (Å²) in [5, 5.41) is 2.87. The first-order valence-corrected chi connectivity index (χ1v) is 9.04. The van der Waals surface area contributed by atoms with Gasteiger partial charge in [-0.3, -0.25) is 9.59 Å². The van der Waals surface area contributed by atoms with E-state index in [0.717, 1.165) is 16.1 Å². The van der Waals surface area contributed by atoms with Gasteiger partial charge >= 0.3 is 0 Å². The van der Waals surface area contributed by atoms with Gasteiger partial charge in [-0.1, -0.05) is 42.5 Å². The fourth-order valence-corrected chi connectivity index (χ4v) is 3.67. The molecule has 0 aliphatic carbocycles. The molecule has 1 heterocycles. The highest BCUT2D eigenvalue weighted by Gasteiger charge is 2.26. The molecule has 5 nitrogen and oxygen atoms in total. The maximum atomic E-state index is 12.4. The molecular weight excluding hydrogens is 336 g/mol. The lowest BCUT2D eigenvalue weighted by Gasteiger charge is -2.28. The van der Waals surface area contributed by atoms with Crippen LogP contribution >= 0.6 is 11.8 Å². The van der Waals surface area contributed by atoms with Crippen molar-refractivity contribution in [3.8, 4) is 0 Å². The van der Waals surface area contributed by atoms with Gasteiger partial charge in [0.1, 0.15) is 6.54 Å². The van der Waals surface area contributed by atoms with Gasteiger partial charge in [0.05, 0.1) is 17.5 Å². The van der Waals surface area contributed by atoms with E-state index >= 15 is 0 Å². The van der Waals surface area contributed by atoms with Gasteiger partial charge < -0.3 is 15.0 Å². The summed E-state index contributed by atoms with van der Waals surface area (Å²) in [5.74, 6) is 0.105. The number of hydrogen-bond acceptors (Lipinski definition) is 4. The molecule has 0 radical (unpaired) electrons. The van der Waals surface area contributed by atoms with E-state index in [9.17, 15) is 9.59 Å². The number of fused-ring (bicyclic) bond motifs is 1. The minimum absolute atomic E-state index is 0.0155. The predicted octanol–water partition coefficient (Wildman–Crippen LogP) is 2.63. The minimum Gasteiger partial charge on any atom is -0.375 e. The van der Waals surface area contributed by atoms with E-state index in [2.05, 4.69) is 5.32 Å². The lowest BCUT2D eigenvalue weighted by molar-refractivity contribution is -0.123. The predicted molar refractivity (Wildman–Crippen MR) is 98.7 cm³/mol. The smallest absolute Gasteiger partial charge is 0.240 e. The number of thioether (sulfide) groups is 1. The van der Waals surface area contributed by atoms with E-state index in [4.69, 9.17) is 4.74 Å². The Morgan fingerprint density at radius 1 is 1.20 bits per heavy atom. The van der Waals surface area contributed by atoms with Crippen molar-refractivity contribution in [1.82, 2.24) is 5.32 Å². The summed E-state index contributed by atoms with van der Waals surface area (Å²) in [6, 6.07) is 17.4. The van der Waals surface area contributed by atoms with Crippen molar-refractivity contribution in [2.24, 2.45) is 0 Å². The molecule has 1 aliphatic rings. The van der Waals surface area contributed by atoms with Gasteiger partial charge in [-0.05, 0) is 17.7 Å². The molecule has 0 saturated carbocycles. The van der Waals surface area contributed by atoms with E-state index < -0.39 is 0 Å². The first-order chi connectivity index (χ1) is 12.2. The molecule has 0 saturated heterocycles. The minimum atomic E-state index is -0.218. The Kier molecular flexibility index (Phi) is 5.73. The number of anilines is 1. The summed E-state index contributed by atoms with van der Waals surface area (Å²) >= 11 is 1.50. The summed E-state index contributed by atoms with van der Waals surface area (Å²) in [5.41, 5.74) is 1.80. The standard InChI is InChI=1S/C19H20N2O3S/c1-24-16(14-7-3-2-4-8-14)11-20-18(22)12-21-15-9-5-6-10-17(15)25-13-19(21)23/h2-10,16H,11-13H2,1H3,(H,20,22). The van der Waals surface area contributed by atoms with Crippen LogP contribution in [0.25, 0.3) is 0 Å². The molecular formula is C19H20N2O3S. The number of amides is 2.